The summed E-state index contributed by atoms with van der Waals surface area (Å²) in [5.41, 5.74) is -0.393. The molecule has 0 aliphatic rings. The molecule has 1 heterocycles. The van der Waals surface area contributed by atoms with Gasteiger partial charge in [-0.3, -0.25) is 4.79 Å². The van der Waals surface area contributed by atoms with E-state index in [9.17, 15) is 19.5 Å². The summed E-state index contributed by atoms with van der Waals surface area (Å²) in [5.74, 6) is -0.281. The first-order valence-electron chi connectivity index (χ1n) is 8.63. The standard InChI is InChI=1S/C19H24N2O6/c1-19(2,3)27-18(25)21-8-4-7-20-16(23)9-12-10-17(24)26-15-11-13(22)5-6-14(12)15/h5-6,10-11,22H,4,7-9H2,1-3H3,(H,20,23)(H,21,25). The number of phenolic OH excluding ortho intramolecular Hbond substituents is 1. The molecule has 0 aliphatic carbocycles. The number of hydrogen-bond acceptors (Lipinski definition) is 6. The lowest BCUT2D eigenvalue weighted by atomic mass is 10.1. The van der Waals surface area contributed by atoms with Gasteiger partial charge < -0.3 is 24.9 Å². The van der Waals surface area contributed by atoms with E-state index in [4.69, 9.17) is 9.15 Å². The number of hydrogen-bond donors (Lipinski definition) is 3. The average Bonchev–Trinajstić information content (AvgIpc) is 2.52. The normalized spacial score (nSPS) is 11.2. The molecule has 146 valence electrons. The van der Waals surface area contributed by atoms with Crippen molar-refractivity contribution in [2.45, 2.75) is 39.2 Å². The summed E-state index contributed by atoms with van der Waals surface area (Å²) >= 11 is 0. The average molecular weight is 376 g/mol. The fourth-order valence-corrected chi connectivity index (χ4v) is 2.42. The Balaban J connectivity index is 1.82. The van der Waals surface area contributed by atoms with Crippen LogP contribution < -0.4 is 16.3 Å². The molecule has 3 N–H and O–H groups in total. The Kier molecular flexibility index (Phi) is 6.44. The summed E-state index contributed by atoms with van der Waals surface area (Å²) in [6, 6.07) is 5.66. The molecule has 0 spiro atoms. The molecule has 0 unspecified atom stereocenters. The van der Waals surface area contributed by atoms with Gasteiger partial charge in [0.15, 0.2) is 0 Å². The lowest BCUT2D eigenvalue weighted by molar-refractivity contribution is -0.120. The highest BCUT2D eigenvalue weighted by atomic mass is 16.6. The predicted octanol–water partition coefficient (Wildman–Crippen LogP) is 2.07. The quantitative estimate of drug-likeness (QED) is 0.525. The largest absolute Gasteiger partial charge is 0.508 e. The number of amides is 2. The van der Waals surface area contributed by atoms with E-state index in [0.29, 0.717) is 30.5 Å². The van der Waals surface area contributed by atoms with E-state index in [1.165, 1.54) is 18.2 Å². The molecule has 8 heteroatoms. The van der Waals surface area contributed by atoms with E-state index in [0.717, 1.165) is 0 Å². The second kappa shape index (κ2) is 8.57. The Hall–Kier alpha value is -3.03. The second-order valence-electron chi connectivity index (χ2n) is 7.08. The molecule has 8 nitrogen and oxygen atoms in total. The van der Waals surface area contributed by atoms with Crippen molar-refractivity contribution in [3.8, 4) is 5.75 Å². The molecule has 1 aromatic carbocycles. The van der Waals surface area contributed by atoms with Crippen molar-refractivity contribution in [3.63, 3.8) is 0 Å². The van der Waals surface area contributed by atoms with Crippen LogP contribution in [0.1, 0.15) is 32.8 Å². The second-order valence-corrected chi connectivity index (χ2v) is 7.08. The van der Waals surface area contributed by atoms with Gasteiger partial charge >= 0.3 is 11.7 Å². The van der Waals surface area contributed by atoms with Crippen LogP contribution in [-0.2, 0) is 16.0 Å². The van der Waals surface area contributed by atoms with Crippen molar-refractivity contribution in [3.05, 3.63) is 40.2 Å². The Bertz CT molecular complexity index is 882. The van der Waals surface area contributed by atoms with Gasteiger partial charge in [-0.15, -0.1) is 0 Å². The van der Waals surface area contributed by atoms with E-state index in [-0.39, 0.29) is 23.7 Å². The number of benzene rings is 1. The minimum atomic E-state index is -0.586. The Morgan fingerprint density at radius 2 is 1.85 bits per heavy atom. The first kappa shape index (κ1) is 20.3. The molecular formula is C19H24N2O6. The molecule has 0 radical (unpaired) electrons. The van der Waals surface area contributed by atoms with Crippen LogP contribution in [0.5, 0.6) is 5.75 Å². The van der Waals surface area contributed by atoms with Crippen molar-refractivity contribution in [2.24, 2.45) is 0 Å². The number of rotatable bonds is 6. The maximum atomic E-state index is 12.1. The third kappa shape index (κ3) is 6.65. The molecule has 0 aliphatic heterocycles. The first-order chi connectivity index (χ1) is 12.6. The fraction of sp³-hybridized carbons (Fsp3) is 0.421. The third-order valence-corrected chi connectivity index (χ3v) is 3.51. The zero-order chi connectivity index (χ0) is 20.0. The molecule has 0 bridgehead atoms. The summed E-state index contributed by atoms with van der Waals surface area (Å²) in [6.45, 7) is 6.08. The number of fused-ring (bicyclic) bond motifs is 1. The third-order valence-electron chi connectivity index (χ3n) is 3.51. The number of aromatic hydroxyl groups is 1. The van der Waals surface area contributed by atoms with Gasteiger partial charge in [0.2, 0.25) is 5.91 Å². The number of carbonyl (C=O) groups is 2. The topological polar surface area (TPSA) is 118 Å². The molecule has 0 saturated carbocycles. The highest BCUT2D eigenvalue weighted by Gasteiger charge is 2.15. The van der Waals surface area contributed by atoms with Crippen LogP contribution in [0.15, 0.2) is 33.5 Å². The first-order valence-corrected chi connectivity index (χ1v) is 8.63. The summed E-state index contributed by atoms with van der Waals surface area (Å²) in [7, 11) is 0. The van der Waals surface area contributed by atoms with Gasteiger partial charge in [0, 0.05) is 30.6 Å². The fourth-order valence-electron chi connectivity index (χ4n) is 2.42. The minimum Gasteiger partial charge on any atom is -0.508 e. The SMILES string of the molecule is CC(C)(C)OC(=O)NCCCNC(=O)Cc1cc(=O)oc2cc(O)ccc12. The Morgan fingerprint density at radius 1 is 1.15 bits per heavy atom. The van der Waals surface area contributed by atoms with Gasteiger partial charge in [-0.25, -0.2) is 9.59 Å². The van der Waals surface area contributed by atoms with Gasteiger partial charge in [0.05, 0.1) is 6.42 Å². The molecule has 1 aromatic heterocycles. The molecule has 2 aromatic rings. The van der Waals surface area contributed by atoms with Crippen molar-refractivity contribution < 1.29 is 23.8 Å². The summed E-state index contributed by atoms with van der Waals surface area (Å²) in [6.07, 6.45) is 0.0441. The Labute approximate surface area is 156 Å². The summed E-state index contributed by atoms with van der Waals surface area (Å²) in [5, 5.41) is 15.4. The maximum absolute atomic E-state index is 12.1. The van der Waals surface area contributed by atoms with Crippen LogP contribution in [0.3, 0.4) is 0 Å². The molecule has 27 heavy (non-hydrogen) atoms. The van der Waals surface area contributed by atoms with Crippen LogP contribution in [0, 0.1) is 0 Å². The molecule has 2 amide bonds. The van der Waals surface area contributed by atoms with Gasteiger partial charge in [-0.2, -0.15) is 0 Å². The number of phenols is 1. The van der Waals surface area contributed by atoms with Crippen LogP contribution in [-0.4, -0.2) is 35.8 Å². The van der Waals surface area contributed by atoms with Crippen molar-refractivity contribution in [1.29, 1.82) is 0 Å². The zero-order valence-electron chi connectivity index (χ0n) is 15.6. The summed E-state index contributed by atoms with van der Waals surface area (Å²) in [4.78, 5) is 35.2. The number of alkyl carbamates (subject to hydrolysis) is 1. The lowest BCUT2D eigenvalue weighted by Gasteiger charge is -2.19. The number of nitrogens with one attached hydrogen (secondary N) is 2. The van der Waals surface area contributed by atoms with Crippen molar-refractivity contribution >= 4 is 23.0 Å². The van der Waals surface area contributed by atoms with E-state index in [1.807, 2.05) is 0 Å². The van der Waals surface area contributed by atoms with Gasteiger partial charge in [-0.1, -0.05) is 0 Å². The highest BCUT2D eigenvalue weighted by Crippen LogP contribution is 2.22. The van der Waals surface area contributed by atoms with Crippen molar-refractivity contribution in [2.75, 3.05) is 13.1 Å². The molecule has 0 fully saturated rings. The van der Waals surface area contributed by atoms with Crippen molar-refractivity contribution in [1.82, 2.24) is 10.6 Å². The van der Waals surface area contributed by atoms with Gasteiger partial charge in [0.25, 0.3) is 0 Å². The van der Waals surface area contributed by atoms with E-state index < -0.39 is 17.3 Å². The van der Waals surface area contributed by atoms with Crippen LogP contribution >= 0.6 is 0 Å². The monoisotopic (exact) mass is 376 g/mol. The van der Waals surface area contributed by atoms with E-state index in [2.05, 4.69) is 10.6 Å². The number of carbonyl (C=O) groups excluding carboxylic acids is 2. The lowest BCUT2D eigenvalue weighted by Crippen LogP contribution is -2.34. The Morgan fingerprint density at radius 3 is 2.56 bits per heavy atom. The van der Waals surface area contributed by atoms with Crippen LogP contribution in [0.25, 0.3) is 11.0 Å². The highest BCUT2D eigenvalue weighted by molar-refractivity contribution is 5.87. The van der Waals surface area contributed by atoms with Gasteiger partial charge in [-0.05, 0) is 44.9 Å². The zero-order valence-corrected chi connectivity index (χ0v) is 15.6. The van der Waals surface area contributed by atoms with E-state index >= 15 is 0 Å². The molecular weight excluding hydrogens is 352 g/mol. The minimum absolute atomic E-state index is 0.00632. The summed E-state index contributed by atoms with van der Waals surface area (Å²) < 4.78 is 10.1. The predicted molar refractivity (Wildman–Crippen MR) is 99.7 cm³/mol. The van der Waals surface area contributed by atoms with Crippen LogP contribution in [0.2, 0.25) is 0 Å². The smallest absolute Gasteiger partial charge is 0.407 e. The van der Waals surface area contributed by atoms with E-state index in [1.54, 1.807) is 26.8 Å². The molecule has 0 saturated heterocycles. The van der Waals surface area contributed by atoms with Crippen LogP contribution in [0.4, 0.5) is 4.79 Å². The van der Waals surface area contributed by atoms with Gasteiger partial charge in [0.1, 0.15) is 16.9 Å². The molecule has 2 rings (SSSR count). The number of ether oxygens (including phenoxy) is 1. The molecule has 0 atom stereocenters. The maximum Gasteiger partial charge on any atom is 0.407 e.